The molecule has 1 aromatic carbocycles. The van der Waals surface area contributed by atoms with Gasteiger partial charge in [-0.25, -0.2) is 9.36 Å². The Bertz CT molecular complexity index is 920. The lowest BCUT2D eigenvalue weighted by atomic mass is 10.2. The van der Waals surface area contributed by atoms with Crippen LogP contribution in [0.4, 0.5) is 0 Å². The number of halogens is 1. The molecule has 0 unspecified atom stereocenters. The van der Waals surface area contributed by atoms with Gasteiger partial charge >= 0.3 is 5.69 Å². The minimum absolute atomic E-state index is 0.0266. The molecule has 0 bridgehead atoms. The maximum Gasteiger partial charge on any atom is 0.335 e. The van der Waals surface area contributed by atoms with Crippen molar-refractivity contribution < 1.29 is 5.11 Å². The van der Waals surface area contributed by atoms with Crippen molar-refractivity contribution in [3.05, 3.63) is 73.0 Å². The Morgan fingerprint density at radius 2 is 1.95 bits per heavy atom. The second kappa shape index (κ2) is 5.61. The Morgan fingerprint density at radius 3 is 2.59 bits per heavy atom. The second-order valence-corrected chi connectivity index (χ2v) is 5.43. The van der Waals surface area contributed by atoms with Crippen molar-refractivity contribution >= 4 is 28.2 Å². The lowest BCUT2D eigenvalue weighted by molar-refractivity contribution is 0.429. The fourth-order valence-corrected chi connectivity index (χ4v) is 2.31. The highest BCUT2D eigenvalue weighted by molar-refractivity contribution is 9.10. The molecule has 0 atom stereocenters. The summed E-state index contributed by atoms with van der Waals surface area (Å²) in [6, 6.07) is 6.76. The molecule has 0 amide bonds. The summed E-state index contributed by atoms with van der Waals surface area (Å²) in [5.41, 5.74) is -0.452. The number of aromatic amines is 1. The van der Waals surface area contributed by atoms with Crippen LogP contribution in [0.25, 0.3) is 11.8 Å². The fraction of sp³-hybridized carbons (Fsp3) is 0. The SMILES string of the molecule is O=c1[nH]c(=O)n(-c2ccc(Br)cc2)c(O)c1C=C1C=CC=N1. The Hall–Kier alpha value is -2.67. The van der Waals surface area contributed by atoms with E-state index in [2.05, 4.69) is 25.9 Å². The molecule has 1 aliphatic rings. The number of hydrogen-bond acceptors (Lipinski definition) is 4. The topological polar surface area (TPSA) is 87.5 Å². The third kappa shape index (κ3) is 2.58. The number of nitrogens with zero attached hydrogens (tertiary/aromatic N) is 2. The van der Waals surface area contributed by atoms with Crippen molar-refractivity contribution in [1.29, 1.82) is 0 Å². The third-order valence-corrected chi connectivity index (χ3v) is 3.60. The number of nitrogens with one attached hydrogen (secondary N) is 1. The minimum atomic E-state index is -0.711. The largest absolute Gasteiger partial charge is 0.494 e. The van der Waals surface area contributed by atoms with Gasteiger partial charge in [0.25, 0.3) is 5.56 Å². The number of rotatable bonds is 2. The lowest BCUT2D eigenvalue weighted by Crippen LogP contribution is -2.30. The molecule has 0 radical (unpaired) electrons. The molecule has 3 rings (SSSR count). The van der Waals surface area contributed by atoms with E-state index in [9.17, 15) is 14.7 Å². The van der Waals surface area contributed by atoms with Crippen LogP contribution < -0.4 is 11.2 Å². The summed E-state index contributed by atoms with van der Waals surface area (Å²) >= 11 is 3.30. The molecule has 22 heavy (non-hydrogen) atoms. The van der Waals surface area contributed by atoms with Gasteiger partial charge in [-0.1, -0.05) is 15.9 Å². The van der Waals surface area contributed by atoms with E-state index in [0.717, 1.165) is 9.04 Å². The molecule has 7 heteroatoms. The Balaban J connectivity index is 2.24. The van der Waals surface area contributed by atoms with Crippen LogP contribution in [-0.2, 0) is 0 Å². The summed E-state index contributed by atoms with van der Waals surface area (Å²) in [6.45, 7) is 0. The Kier molecular flexibility index (Phi) is 3.64. The van der Waals surface area contributed by atoms with E-state index in [1.807, 2.05) is 0 Å². The van der Waals surface area contributed by atoms with Crippen LogP contribution >= 0.6 is 15.9 Å². The van der Waals surface area contributed by atoms with Crippen molar-refractivity contribution in [2.45, 2.75) is 0 Å². The molecule has 1 aliphatic heterocycles. The van der Waals surface area contributed by atoms with Crippen molar-refractivity contribution in [2.75, 3.05) is 0 Å². The highest BCUT2D eigenvalue weighted by Gasteiger charge is 2.14. The molecule has 110 valence electrons. The highest BCUT2D eigenvalue weighted by Crippen LogP contribution is 2.21. The minimum Gasteiger partial charge on any atom is -0.494 e. The Morgan fingerprint density at radius 1 is 1.23 bits per heavy atom. The molecular formula is C15H10BrN3O3. The van der Waals surface area contributed by atoms with Crippen molar-refractivity contribution in [3.8, 4) is 11.6 Å². The molecule has 2 N–H and O–H groups in total. The van der Waals surface area contributed by atoms with Gasteiger partial charge in [0, 0.05) is 10.7 Å². The predicted molar refractivity (Wildman–Crippen MR) is 87.6 cm³/mol. The van der Waals surface area contributed by atoms with Crippen LogP contribution in [0.2, 0.25) is 0 Å². The molecule has 2 aromatic rings. The van der Waals surface area contributed by atoms with Gasteiger partial charge in [0.15, 0.2) is 0 Å². The van der Waals surface area contributed by atoms with Crippen LogP contribution in [-0.4, -0.2) is 20.9 Å². The molecule has 6 nitrogen and oxygen atoms in total. The van der Waals surface area contributed by atoms with E-state index in [4.69, 9.17) is 0 Å². The first-order chi connectivity index (χ1) is 10.6. The summed E-state index contributed by atoms with van der Waals surface area (Å²) < 4.78 is 1.86. The van der Waals surface area contributed by atoms with Crippen molar-refractivity contribution in [2.24, 2.45) is 4.99 Å². The van der Waals surface area contributed by atoms with Crippen molar-refractivity contribution in [1.82, 2.24) is 9.55 Å². The number of allylic oxidation sites excluding steroid dienone is 2. The quantitative estimate of drug-likeness (QED) is 0.859. The number of aliphatic imine (C=N–C) groups is 1. The van der Waals surface area contributed by atoms with E-state index in [1.54, 1.807) is 42.6 Å². The molecule has 2 heterocycles. The smallest absolute Gasteiger partial charge is 0.335 e. The normalized spacial score (nSPS) is 14.9. The van der Waals surface area contributed by atoms with Gasteiger partial charge in [-0.3, -0.25) is 14.8 Å². The summed E-state index contributed by atoms with van der Waals surface area (Å²) in [7, 11) is 0. The van der Waals surface area contributed by atoms with Crippen molar-refractivity contribution in [3.63, 3.8) is 0 Å². The first-order valence-electron chi connectivity index (χ1n) is 6.33. The molecule has 1 aromatic heterocycles. The second-order valence-electron chi connectivity index (χ2n) is 4.51. The first-order valence-corrected chi connectivity index (χ1v) is 7.12. The highest BCUT2D eigenvalue weighted by atomic mass is 79.9. The average molecular weight is 360 g/mol. The number of aromatic nitrogens is 2. The summed E-state index contributed by atoms with van der Waals surface area (Å²) in [4.78, 5) is 30.1. The maximum atomic E-state index is 12.0. The first kappa shape index (κ1) is 14.3. The maximum absolute atomic E-state index is 12.0. The Labute approximate surface area is 132 Å². The summed E-state index contributed by atoms with van der Waals surface area (Å²) in [5, 5.41) is 10.3. The van der Waals surface area contributed by atoms with Crippen LogP contribution in [0.1, 0.15) is 5.56 Å². The fourth-order valence-electron chi connectivity index (χ4n) is 2.05. The van der Waals surface area contributed by atoms with Gasteiger partial charge in [-0.15, -0.1) is 0 Å². The van der Waals surface area contributed by atoms with E-state index < -0.39 is 17.1 Å². The zero-order chi connectivity index (χ0) is 15.7. The van der Waals surface area contributed by atoms with Gasteiger partial charge in [-0.05, 0) is 42.5 Å². The molecule has 0 saturated heterocycles. The summed E-state index contributed by atoms with van der Waals surface area (Å²) in [6.07, 6.45) is 6.39. The molecule has 0 spiro atoms. The van der Waals surface area contributed by atoms with Crippen LogP contribution in [0, 0.1) is 0 Å². The molecule has 0 saturated carbocycles. The standard InChI is InChI=1S/C15H10BrN3O3/c16-9-3-5-11(6-4-9)19-14(21)12(13(20)18-15(19)22)8-10-2-1-7-17-10/h1-8,21H,(H,18,20,22). The third-order valence-electron chi connectivity index (χ3n) is 3.07. The monoisotopic (exact) mass is 359 g/mol. The van der Waals surface area contributed by atoms with E-state index in [0.29, 0.717) is 11.4 Å². The lowest BCUT2D eigenvalue weighted by Gasteiger charge is -2.10. The number of aromatic hydroxyl groups is 1. The summed E-state index contributed by atoms with van der Waals surface area (Å²) in [5.74, 6) is -0.431. The predicted octanol–water partition coefficient (Wildman–Crippen LogP) is 1.98. The zero-order valence-electron chi connectivity index (χ0n) is 11.2. The van der Waals surface area contributed by atoms with Gasteiger partial charge in [0.05, 0.1) is 11.4 Å². The van der Waals surface area contributed by atoms with E-state index in [1.165, 1.54) is 6.08 Å². The van der Waals surface area contributed by atoms with Crippen LogP contribution in [0.3, 0.4) is 0 Å². The average Bonchev–Trinajstić information content (AvgIpc) is 2.98. The van der Waals surface area contributed by atoms with E-state index >= 15 is 0 Å². The van der Waals surface area contributed by atoms with Gasteiger partial charge in [0.2, 0.25) is 5.88 Å². The van der Waals surface area contributed by atoms with Gasteiger partial charge in [-0.2, -0.15) is 0 Å². The number of hydrogen-bond donors (Lipinski definition) is 2. The number of H-pyrrole nitrogens is 1. The molecular weight excluding hydrogens is 350 g/mol. The van der Waals surface area contributed by atoms with E-state index in [-0.39, 0.29) is 5.56 Å². The molecule has 0 aliphatic carbocycles. The molecule has 0 fully saturated rings. The van der Waals surface area contributed by atoms with Crippen LogP contribution in [0.15, 0.2) is 61.2 Å². The number of benzene rings is 1. The van der Waals surface area contributed by atoms with Crippen LogP contribution in [0.5, 0.6) is 5.88 Å². The van der Waals surface area contributed by atoms with Gasteiger partial charge in [0.1, 0.15) is 5.56 Å². The van der Waals surface area contributed by atoms with Gasteiger partial charge < -0.3 is 5.11 Å². The zero-order valence-corrected chi connectivity index (χ0v) is 12.7.